The van der Waals surface area contributed by atoms with Crippen molar-refractivity contribution in [3.8, 4) is 11.8 Å². The molecular formula is C18H20N6O4. The summed E-state index contributed by atoms with van der Waals surface area (Å²) in [5.41, 5.74) is 0.395. The number of H-pyrrole nitrogens is 1. The second-order valence-corrected chi connectivity index (χ2v) is 6.03. The van der Waals surface area contributed by atoms with Gasteiger partial charge in [0.2, 0.25) is 23.6 Å². The fourth-order valence-electron chi connectivity index (χ4n) is 2.60. The highest BCUT2D eigenvalue weighted by atomic mass is 16.5. The van der Waals surface area contributed by atoms with E-state index < -0.39 is 0 Å². The van der Waals surface area contributed by atoms with Gasteiger partial charge < -0.3 is 14.5 Å². The molecule has 1 aromatic carbocycles. The number of benzene rings is 1. The molecule has 0 aliphatic rings. The normalized spacial score (nSPS) is 10.9. The Morgan fingerprint density at radius 1 is 1.14 bits per heavy atom. The molecule has 0 saturated carbocycles. The summed E-state index contributed by atoms with van der Waals surface area (Å²) in [6.45, 7) is 0.329. The average molecular weight is 384 g/mol. The number of methoxy groups -OCH3 is 2. The van der Waals surface area contributed by atoms with E-state index in [2.05, 4.69) is 25.3 Å². The molecule has 0 unspecified atom stereocenters. The minimum absolute atomic E-state index is 0.0411. The van der Waals surface area contributed by atoms with Gasteiger partial charge in [-0.2, -0.15) is 9.97 Å². The van der Waals surface area contributed by atoms with Crippen LogP contribution in [0.5, 0.6) is 11.8 Å². The van der Waals surface area contributed by atoms with Crippen LogP contribution in [-0.2, 0) is 11.3 Å². The van der Waals surface area contributed by atoms with Crippen molar-refractivity contribution in [3.05, 3.63) is 46.5 Å². The highest BCUT2D eigenvalue weighted by molar-refractivity contribution is 5.90. The van der Waals surface area contributed by atoms with Crippen molar-refractivity contribution >= 4 is 22.8 Å². The fourth-order valence-corrected chi connectivity index (χ4v) is 2.60. The number of rotatable bonds is 7. The summed E-state index contributed by atoms with van der Waals surface area (Å²) in [6, 6.07) is 8.59. The number of fused-ring (bicyclic) bond motifs is 1. The Balaban J connectivity index is 1.66. The molecule has 0 fully saturated rings. The van der Waals surface area contributed by atoms with Gasteiger partial charge in [-0.15, -0.1) is 0 Å². The van der Waals surface area contributed by atoms with Crippen molar-refractivity contribution in [1.29, 1.82) is 0 Å². The second kappa shape index (κ2) is 8.44. The quantitative estimate of drug-likeness (QED) is 0.613. The first-order chi connectivity index (χ1) is 13.5. The molecular weight excluding hydrogens is 364 g/mol. The van der Waals surface area contributed by atoms with Gasteiger partial charge >= 0.3 is 0 Å². The summed E-state index contributed by atoms with van der Waals surface area (Å²) >= 11 is 0. The summed E-state index contributed by atoms with van der Waals surface area (Å²) in [5.74, 6) is 0.757. The maximum absolute atomic E-state index is 12.3. The van der Waals surface area contributed by atoms with Crippen molar-refractivity contribution in [3.63, 3.8) is 0 Å². The molecule has 146 valence electrons. The number of anilines is 1. The van der Waals surface area contributed by atoms with Crippen molar-refractivity contribution in [2.45, 2.75) is 6.54 Å². The Hall–Kier alpha value is -3.53. The molecule has 1 amide bonds. The van der Waals surface area contributed by atoms with Crippen LogP contribution in [0, 0.1) is 0 Å². The van der Waals surface area contributed by atoms with Gasteiger partial charge in [0.05, 0.1) is 44.3 Å². The first-order valence-corrected chi connectivity index (χ1v) is 8.42. The van der Waals surface area contributed by atoms with E-state index in [1.165, 1.54) is 20.3 Å². The lowest BCUT2D eigenvalue weighted by Crippen LogP contribution is -2.31. The summed E-state index contributed by atoms with van der Waals surface area (Å²) in [4.78, 5) is 41.4. The van der Waals surface area contributed by atoms with E-state index in [0.717, 1.165) is 0 Å². The smallest absolute Gasteiger partial charge is 0.258 e. The van der Waals surface area contributed by atoms with Gasteiger partial charge in [-0.25, -0.2) is 4.98 Å². The van der Waals surface area contributed by atoms with Crippen LogP contribution < -0.4 is 20.3 Å². The number of nitrogens with one attached hydrogen (secondary N) is 2. The van der Waals surface area contributed by atoms with Gasteiger partial charge in [0.15, 0.2) is 0 Å². The Kier molecular flexibility index (Phi) is 5.80. The van der Waals surface area contributed by atoms with Crippen LogP contribution in [0.2, 0.25) is 0 Å². The van der Waals surface area contributed by atoms with Crippen LogP contribution in [0.25, 0.3) is 10.9 Å². The minimum atomic E-state index is -0.332. The molecule has 2 aromatic heterocycles. The maximum atomic E-state index is 12.3. The van der Waals surface area contributed by atoms with E-state index in [1.807, 2.05) is 6.07 Å². The van der Waals surface area contributed by atoms with Gasteiger partial charge in [-0.05, 0) is 19.2 Å². The number of carbonyl (C=O) groups is 1. The Morgan fingerprint density at radius 2 is 1.82 bits per heavy atom. The van der Waals surface area contributed by atoms with Gasteiger partial charge in [-0.1, -0.05) is 12.1 Å². The van der Waals surface area contributed by atoms with Crippen LogP contribution in [0.3, 0.4) is 0 Å². The van der Waals surface area contributed by atoms with E-state index in [4.69, 9.17) is 9.47 Å². The van der Waals surface area contributed by atoms with Crippen LogP contribution in [0.4, 0.5) is 5.95 Å². The van der Waals surface area contributed by atoms with Crippen molar-refractivity contribution in [1.82, 2.24) is 24.8 Å². The topological polar surface area (TPSA) is 122 Å². The summed E-state index contributed by atoms with van der Waals surface area (Å²) in [7, 11) is 4.65. The predicted molar refractivity (Wildman–Crippen MR) is 102 cm³/mol. The summed E-state index contributed by atoms with van der Waals surface area (Å²) in [5, 5.41) is 3.12. The van der Waals surface area contributed by atoms with Crippen molar-refractivity contribution in [2.24, 2.45) is 0 Å². The largest absolute Gasteiger partial charge is 0.481 e. The number of nitrogens with zero attached hydrogens (tertiary/aromatic N) is 4. The molecule has 0 aliphatic heterocycles. The number of para-hydroxylation sites is 1. The number of ether oxygens (including phenoxy) is 2. The minimum Gasteiger partial charge on any atom is -0.481 e. The molecule has 0 bridgehead atoms. The van der Waals surface area contributed by atoms with Crippen LogP contribution in [-0.4, -0.2) is 58.6 Å². The van der Waals surface area contributed by atoms with Crippen LogP contribution in [0.15, 0.2) is 35.1 Å². The molecule has 0 aliphatic carbocycles. The highest BCUT2D eigenvalue weighted by Gasteiger charge is 2.13. The van der Waals surface area contributed by atoms with E-state index in [1.54, 1.807) is 30.1 Å². The molecule has 3 rings (SSSR count). The zero-order valence-electron chi connectivity index (χ0n) is 15.7. The van der Waals surface area contributed by atoms with Crippen molar-refractivity contribution < 1.29 is 14.3 Å². The standard InChI is InChI=1S/C18H20N6O4/c1-24(9-13-19-12-7-5-4-6-11(12)17(26)20-13)10-14(25)21-18-22-15(27-2)8-16(23-18)28-3/h4-8H,9-10H2,1-3H3,(H,19,20,26)(H,21,22,23,25). The zero-order chi connectivity index (χ0) is 20.1. The summed E-state index contributed by atoms with van der Waals surface area (Å²) in [6.07, 6.45) is 0. The number of hydrogen-bond acceptors (Lipinski definition) is 8. The van der Waals surface area contributed by atoms with Crippen LogP contribution in [0.1, 0.15) is 5.82 Å². The molecule has 0 atom stereocenters. The maximum Gasteiger partial charge on any atom is 0.258 e. The lowest BCUT2D eigenvalue weighted by molar-refractivity contribution is -0.117. The van der Waals surface area contributed by atoms with Crippen LogP contribution >= 0.6 is 0 Å². The van der Waals surface area contributed by atoms with E-state index >= 15 is 0 Å². The molecule has 0 spiro atoms. The molecule has 0 saturated heterocycles. The average Bonchev–Trinajstić information content (AvgIpc) is 2.67. The number of hydrogen-bond donors (Lipinski definition) is 2. The third-order valence-electron chi connectivity index (χ3n) is 3.84. The third kappa shape index (κ3) is 4.60. The number of aromatic amines is 1. The monoisotopic (exact) mass is 384 g/mol. The Bertz CT molecular complexity index is 1030. The molecule has 10 nitrogen and oxygen atoms in total. The predicted octanol–water partition coefficient (Wildman–Crippen LogP) is 0.801. The van der Waals surface area contributed by atoms with Gasteiger partial charge in [0.25, 0.3) is 5.56 Å². The Labute approximate surface area is 160 Å². The molecule has 2 N–H and O–H groups in total. The third-order valence-corrected chi connectivity index (χ3v) is 3.84. The number of likely N-dealkylation sites (N-methyl/N-ethyl adjacent to an activating group) is 1. The second-order valence-electron chi connectivity index (χ2n) is 6.03. The lowest BCUT2D eigenvalue weighted by atomic mass is 10.2. The first-order valence-electron chi connectivity index (χ1n) is 8.42. The van der Waals surface area contributed by atoms with Gasteiger partial charge in [0.1, 0.15) is 5.82 Å². The lowest BCUT2D eigenvalue weighted by Gasteiger charge is -2.15. The van der Waals surface area contributed by atoms with Gasteiger partial charge in [0, 0.05) is 0 Å². The number of carbonyl (C=O) groups excluding carboxylic acids is 1. The zero-order valence-corrected chi connectivity index (χ0v) is 15.7. The van der Waals surface area contributed by atoms with E-state index in [9.17, 15) is 9.59 Å². The highest BCUT2D eigenvalue weighted by Crippen LogP contribution is 2.17. The number of amides is 1. The summed E-state index contributed by atoms with van der Waals surface area (Å²) < 4.78 is 10.1. The first kappa shape index (κ1) is 19.2. The number of aromatic nitrogens is 4. The molecule has 28 heavy (non-hydrogen) atoms. The van der Waals surface area contributed by atoms with E-state index in [-0.39, 0.29) is 42.3 Å². The fraction of sp³-hybridized carbons (Fsp3) is 0.278. The SMILES string of the molecule is COc1cc(OC)nc(NC(=O)CN(C)Cc2nc3ccccc3c(=O)[nH]2)n1. The molecule has 0 radical (unpaired) electrons. The molecule has 10 heteroatoms. The van der Waals surface area contributed by atoms with Gasteiger partial charge in [-0.3, -0.25) is 19.8 Å². The Morgan fingerprint density at radius 3 is 2.50 bits per heavy atom. The molecule has 3 aromatic rings. The van der Waals surface area contributed by atoms with E-state index in [0.29, 0.717) is 16.7 Å². The molecule has 2 heterocycles. The van der Waals surface area contributed by atoms with Crippen molar-refractivity contribution in [2.75, 3.05) is 33.1 Å².